The van der Waals surface area contributed by atoms with Gasteiger partial charge in [-0.25, -0.2) is 12.7 Å². The molecule has 1 aromatic carbocycles. The zero-order valence-corrected chi connectivity index (χ0v) is 12.8. The number of alkyl halides is 1. The fourth-order valence-corrected chi connectivity index (χ4v) is 4.81. The molecule has 2 unspecified atom stereocenters. The maximum absolute atomic E-state index is 12.3. The fraction of sp³-hybridized carbons (Fsp3) is 0.538. The highest BCUT2D eigenvalue weighted by molar-refractivity contribution is 9.09. The van der Waals surface area contributed by atoms with Gasteiger partial charge in [0.15, 0.2) is 0 Å². The van der Waals surface area contributed by atoms with E-state index in [2.05, 4.69) is 15.9 Å². The molecular weight excluding hydrogens is 314 g/mol. The molecule has 2 atom stereocenters. The van der Waals surface area contributed by atoms with E-state index in [0.717, 1.165) is 12.0 Å². The van der Waals surface area contributed by atoms with Gasteiger partial charge >= 0.3 is 0 Å². The predicted octanol–water partition coefficient (Wildman–Crippen LogP) is 2.59. The van der Waals surface area contributed by atoms with Crippen LogP contribution in [-0.2, 0) is 10.0 Å². The van der Waals surface area contributed by atoms with E-state index in [9.17, 15) is 8.42 Å². The van der Waals surface area contributed by atoms with Crippen LogP contribution in [0, 0.1) is 0 Å². The zero-order chi connectivity index (χ0) is 13.2. The first-order valence-corrected chi connectivity index (χ1v) is 8.68. The standard InChI is InChI=1S/C13H18BrNO2S/c1-11(12-5-3-2-4-6-12)10-18(16,17)15-8-7-13(14)9-15/h2-6,11,13H,7-10H2,1H3. The first kappa shape index (κ1) is 14.0. The lowest BCUT2D eigenvalue weighted by Crippen LogP contribution is -2.32. The molecule has 0 radical (unpaired) electrons. The molecule has 1 fully saturated rings. The molecule has 0 aromatic heterocycles. The molecule has 3 nitrogen and oxygen atoms in total. The highest BCUT2D eigenvalue weighted by atomic mass is 79.9. The lowest BCUT2D eigenvalue weighted by Gasteiger charge is -2.19. The molecule has 1 aromatic rings. The lowest BCUT2D eigenvalue weighted by molar-refractivity contribution is 0.475. The van der Waals surface area contributed by atoms with Crippen molar-refractivity contribution in [2.45, 2.75) is 24.1 Å². The van der Waals surface area contributed by atoms with Crippen molar-refractivity contribution < 1.29 is 8.42 Å². The number of hydrogen-bond donors (Lipinski definition) is 0. The largest absolute Gasteiger partial charge is 0.214 e. The van der Waals surface area contributed by atoms with Crippen LogP contribution in [0.15, 0.2) is 30.3 Å². The van der Waals surface area contributed by atoms with Gasteiger partial charge in [0.1, 0.15) is 0 Å². The van der Waals surface area contributed by atoms with Gasteiger partial charge in [0, 0.05) is 17.9 Å². The van der Waals surface area contributed by atoms with Crippen molar-refractivity contribution in [3.8, 4) is 0 Å². The van der Waals surface area contributed by atoms with Crippen LogP contribution >= 0.6 is 15.9 Å². The van der Waals surface area contributed by atoms with Crippen molar-refractivity contribution in [2.75, 3.05) is 18.8 Å². The molecule has 0 spiro atoms. The zero-order valence-electron chi connectivity index (χ0n) is 10.4. The first-order chi connectivity index (χ1) is 8.49. The third-order valence-corrected chi connectivity index (χ3v) is 6.10. The van der Waals surface area contributed by atoms with Gasteiger partial charge < -0.3 is 0 Å². The number of rotatable bonds is 4. The smallest absolute Gasteiger partial charge is 0.212 e. The second kappa shape index (κ2) is 5.72. The van der Waals surface area contributed by atoms with Crippen molar-refractivity contribution in [2.24, 2.45) is 0 Å². The molecule has 1 heterocycles. The lowest BCUT2D eigenvalue weighted by atomic mass is 10.0. The summed E-state index contributed by atoms with van der Waals surface area (Å²) in [6.07, 6.45) is 0.902. The molecule has 0 amide bonds. The second-order valence-corrected chi connectivity index (χ2v) is 8.14. The third-order valence-electron chi connectivity index (χ3n) is 3.32. The normalized spacial score (nSPS) is 23.1. The van der Waals surface area contributed by atoms with E-state index in [1.807, 2.05) is 37.3 Å². The maximum atomic E-state index is 12.3. The molecule has 0 N–H and O–H groups in total. The van der Waals surface area contributed by atoms with E-state index >= 15 is 0 Å². The molecule has 1 aliphatic heterocycles. The minimum atomic E-state index is -3.14. The Morgan fingerprint density at radius 2 is 2.06 bits per heavy atom. The van der Waals surface area contributed by atoms with Crippen LogP contribution in [0.3, 0.4) is 0 Å². The first-order valence-electron chi connectivity index (χ1n) is 6.16. The number of sulfonamides is 1. The van der Waals surface area contributed by atoms with Crippen LogP contribution in [0.2, 0.25) is 0 Å². The van der Waals surface area contributed by atoms with E-state index in [1.165, 1.54) is 0 Å². The van der Waals surface area contributed by atoms with E-state index in [0.29, 0.717) is 17.9 Å². The Hall–Kier alpha value is -0.390. The summed E-state index contributed by atoms with van der Waals surface area (Å²) in [6, 6.07) is 9.81. The van der Waals surface area contributed by atoms with Gasteiger partial charge in [-0.15, -0.1) is 0 Å². The summed E-state index contributed by atoms with van der Waals surface area (Å²) in [5.41, 5.74) is 1.08. The molecule has 18 heavy (non-hydrogen) atoms. The van der Waals surface area contributed by atoms with E-state index < -0.39 is 10.0 Å². The molecule has 5 heteroatoms. The Labute approximate surface area is 117 Å². The van der Waals surface area contributed by atoms with Crippen molar-refractivity contribution in [3.05, 3.63) is 35.9 Å². The summed E-state index contributed by atoms with van der Waals surface area (Å²) in [5, 5.41) is 0. The van der Waals surface area contributed by atoms with Crippen molar-refractivity contribution >= 4 is 26.0 Å². The second-order valence-electron chi connectivity index (χ2n) is 4.83. The van der Waals surface area contributed by atoms with Gasteiger partial charge in [-0.1, -0.05) is 53.2 Å². The quantitative estimate of drug-likeness (QED) is 0.795. The van der Waals surface area contributed by atoms with Crippen LogP contribution in [0.4, 0.5) is 0 Å². The van der Waals surface area contributed by atoms with E-state index in [1.54, 1.807) is 4.31 Å². The molecule has 100 valence electrons. The van der Waals surface area contributed by atoms with Crippen LogP contribution in [0.25, 0.3) is 0 Å². The van der Waals surface area contributed by atoms with Gasteiger partial charge in [-0.05, 0) is 17.9 Å². The summed E-state index contributed by atoms with van der Waals surface area (Å²) in [7, 11) is -3.14. The van der Waals surface area contributed by atoms with Gasteiger partial charge in [-0.2, -0.15) is 0 Å². The number of nitrogens with zero attached hydrogens (tertiary/aromatic N) is 1. The topological polar surface area (TPSA) is 37.4 Å². The van der Waals surface area contributed by atoms with Crippen LogP contribution in [-0.4, -0.2) is 36.4 Å². The average Bonchev–Trinajstić information content (AvgIpc) is 2.77. The Kier molecular flexibility index (Phi) is 4.45. The van der Waals surface area contributed by atoms with Crippen molar-refractivity contribution in [3.63, 3.8) is 0 Å². The summed E-state index contributed by atoms with van der Waals surface area (Å²) in [4.78, 5) is 0.305. The molecule has 0 saturated carbocycles. The van der Waals surface area contributed by atoms with Crippen LogP contribution in [0.1, 0.15) is 24.8 Å². The number of halogens is 1. The molecule has 2 rings (SSSR count). The molecule has 1 saturated heterocycles. The molecular formula is C13H18BrNO2S. The van der Waals surface area contributed by atoms with Gasteiger partial charge in [0.25, 0.3) is 0 Å². The minimum absolute atomic E-state index is 0.0329. The van der Waals surface area contributed by atoms with Crippen LogP contribution < -0.4 is 0 Å². The Bertz CT molecular complexity index is 489. The van der Waals surface area contributed by atoms with Gasteiger partial charge in [-0.3, -0.25) is 0 Å². The van der Waals surface area contributed by atoms with E-state index in [4.69, 9.17) is 0 Å². The van der Waals surface area contributed by atoms with Gasteiger partial charge in [0.05, 0.1) is 5.75 Å². The Morgan fingerprint density at radius 3 is 2.61 bits per heavy atom. The monoisotopic (exact) mass is 331 g/mol. The van der Waals surface area contributed by atoms with Crippen molar-refractivity contribution in [1.82, 2.24) is 4.31 Å². The van der Waals surface area contributed by atoms with Gasteiger partial charge in [0.2, 0.25) is 10.0 Å². The highest BCUT2D eigenvalue weighted by Gasteiger charge is 2.31. The Morgan fingerprint density at radius 1 is 1.39 bits per heavy atom. The minimum Gasteiger partial charge on any atom is -0.212 e. The van der Waals surface area contributed by atoms with Crippen LogP contribution in [0.5, 0.6) is 0 Å². The predicted molar refractivity (Wildman–Crippen MR) is 77.5 cm³/mol. The third kappa shape index (κ3) is 3.33. The summed E-state index contributed by atoms with van der Waals surface area (Å²) < 4.78 is 26.1. The fourth-order valence-electron chi connectivity index (χ4n) is 2.24. The maximum Gasteiger partial charge on any atom is 0.214 e. The Balaban J connectivity index is 2.04. The number of hydrogen-bond acceptors (Lipinski definition) is 2. The van der Waals surface area contributed by atoms with E-state index in [-0.39, 0.29) is 11.7 Å². The molecule has 0 aliphatic carbocycles. The summed E-state index contributed by atoms with van der Waals surface area (Å²) in [6.45, 7) is 3.21. The summed E-state index contributed by atoms with van der Waals surface area (Å²) in [5.74, 6) is 0.224. The summed E-state index contributed by atoms with van der Waals surface area (Å²) >= 11 is 3.48. The van der Waals surface area contributed by atoms with Crippen molar-refractivity contribution in [1.29, 1.82) is 0 Å². The molecule has 1 aliphatic rings. The highest BCUT2D eigenvalue weighted by Crippen LogP contribution is 2.24. The average molecular weight is 332 g/mol. The number of benzene rings is 1. The molecule has 0 bridgehead atoms. The SMILES string of the molecule is CC(CS(=O)(=O)N1CCC(Br)C1)c1ccccc1.